The van der Waals surface area contributed by atoms with E-state index in [1.165, 1.54) is 10.7 Å². The molecule has 0 radical (unpaired) electrons. The maximum absolute atomic E-state index is 10.6. The van der Waals surface area contributed by atoms with Crippen LogP contribution >= 0.6 is 11.6 Å². The van der Waals surface area contributed by atoms with Gasteiger partial charge in [-0.1, -0.05) is 11.6 Å². The predicted octanol–water partition coefficient (Wildman–Crippen LogP) is 1.39. The van der Waals surface area contributed by atoms with E-state index in [9.17, 15) is 4.79 Å². The fraction of sp³-hybridized carbons (Fsp3) is 0.125. The lowest BCUT2D eigenvalue weighted by molar-refractivity contribution is 0.0691. The highest BCUT2D eigenvalue weighted by Crippen LogP contribution is 2.13. The van der Waals surface area contributed by atoms with Crippen molar-refractivity contribution in [1.82, 2.24) is 14.6 Å². The average Bonchev–Trinajstić information content (AvgIpc) is 2.48. The number of nitrogens with zero attached hydrogens (tertiary/aromatic N) is 3. The van der Waals surface area contributed by atoms with Crippen LogP contribution in [0.3, 0.4) is 0 Å². The monoisotopic (exact) mass is 211 g/mol. The molecule has 0 saturated carbocycles. The number of rotatable bonds is 1. The van der Waals surface area contributed by atoms with Crippen molar-refractivity contribution < 1.29 is 9.90 Å². The molecule has 72 valence electrons. The van der Waals surface area contributed by atoms with Gasteiger partial charge in [0.05, 0.1) is 6.20 Å². The van der Waals surface area contributed by atoms with Gasteiger partial charge in [0.1, 0.15) is 0 Å². The molecule has 0 atom stereocenters. The molecule has 0 spiro atoms. The molecule has 0 aliphatic heterocycles. The van der Waals surface area contributed by atoms with Crippen molar-refractivity contribution in [2.45, 2.75) is 6.92 Å². The van der Waals surface area contributed by atoms with Gasteiger partial charge in [-0.25, -0.2) is 14.3 Å². The Bertz CT molecular complexity index is 482. The van der Waals surface area contributed by atoms with Gasteiger partial charge in [0, 0.05) is 0 Å². The molecule has 0 fully saturated rings. The van der Waals surface area contributed by atoms with Crippen molar-refractivity contribution in [2.24, 2.45) is 0 Å². The highest BCUT2D eigenvalue weighted by atomic mass is 35.5. The molecular formula is C8H6ClN3O2. The summed E-state index contributed by atoms with van der Waals surface area (Å²) in [7, 11) is 0. The maximum Gasteiger partial charge on any atom is 0.356 e. The standard InChI is InChI=1S/C8H6ClN3O2/c1-4-2-6-10-5(8(13)14)3-12(6)11-7(4)9/h2-3H,1H3,(H,13,14). The Kier molecular flexibility index (Phi) is 1.89. The summed E-state index contributed by atoms with van der Waals surface area (Å²) < 4.78 is 1.35. The Morgan fingerprint density at radius 3 is 3.00 bits per heavy atom. The van der Waals surface area contributed by atoms with Crippen LogP contribution in [0, 0.1) is 6.92 Å². The van der Waals surface area contributed by atoms with Crippen LogP contribution < -0.4 is 0 Å². The Labute approximate surface area is 83.9 Å². The van der Waals surface area contributed by atoms with Crippen LogP contribution in [0.1, 0.15) is 16.1 Å². The van der Waals surface area contributed by atoms with Gasteiger partial charge in [-0.3, -0.25) is 0 Å². The molecule has 2 heterocycles. The third kappa shape index (κ3) is 1.31. The number of hydrogen-bond acceptors (Lipinski definition) is 3. The lowest BCUT2D eigenvalue weighted by atomic mass is 10.3. The number of halogens is 1. The third-order valence-corrected chi connectivity index (χ3v) is 2.17. The van der Waals surface area contributed by atoms with E-state index in [0.717, 1.165) is 5.56 Å². The summed E-state index contributed by atoms with van der Waals surface area (Å²) in [5.74, 6) is -1.08. The fourth-order valence-corrected chi connectivity index (χ4v) is 1.23. The van der Waals surface area contributed by atoms with Crippen LogP contribution in [0.2, 0.25) is 5.15 Å². The SMILES string of the molecule is Cc1cc2nc(C(=O)O)cn2nc1Cl. The van der Waals surface area contributed by atoms with Crippen LogP contribution in [0.5, 0.6) is 0 Å². The van der Waals surface area contributed by atoms with Crippen LogP contribution in [0.25, 0.3) is 5.65 Å². The molecule has 0 aromatic carbocycles. The van der Waals surface area contributed by atoms with Crippen molar-refractivity contribution in [3.05, 3.63) is 28.7 Å². The lowest BCUT2D eigenvalue weighted by Gasteiger charge is -1.96. The first-order valence-corrected chi connectivity index (χ1v) is 4.21. The highest BCUT2D eigenvalue weighted by molar-refractivity contribution is 6.30. The summed E-state index contributed by atoms with van der Waals surface area (Å²) in [6.45, 7) is 1.78. The van der Waals surface area contributed by atoms with E-state index in [4.69, 9.17) is 16.7 Å². The van der Waals surface area contributed by atoms with Crippen LogP contribution in [-0.4, -0.2) is 25.7 Å². The van der Waals surface area contributed by atoms with E-state index in [2.05, 4.69) is 10.1 Å². The Morgan fingerprint density at radius 1 is 1.64 bits per heavy atom. The number of carboxylic acid groups (broad SMARTS) is 1. The maximum atomic E-state index is 10.6. The second kappa shape index (κ2) is 2.95. The first-order valence-electron chi connectivity index (χ1n) is 3.84. The first kappa shape index (κ1) is 8.96. The summed E-state index contributed by atoms with van der Waals surface area (Å²) >= 11 is 5.77. The number of aryl methyl sites for hydroxylation is 1. The van der Waals surface area contributed by atoms with Gasteiger partial charge in [0.25, 0.3) is 0 Å². The zero-order valence-corrected chi connectivity index (χ0v) is 7.99. The van der Waals surface area contributed by atoms with Crippen molar-refractivity contribution in [1.29, 1.82) is 0 Å². The number of fused-ring (bicyclic) bond motifs is 1. The quantitative estimate of drug-likeness (QED) is 0.774. The molecule has 2 rings (SSSR count). The van der Waals surface area contributed by atoms with Gasteiger partial charge in [-0.05, 0) is 18.6 Å². The third-order valence-electron chi connectivity index (χ3n) is 1.80. The minimum atomic E-state index is -1.08. The van der Waals surface area contributed by atoms with Crippen molar-refractivity contribution in [2.75, 3.05) is 0 Å². The number of imidazole rings is 1. The molecule has 0 aliphatic carbocycles. The normalized spacial score (nSPS) is 10.7. The molecule has 2 aromatic rings. The smallest absolute Gasteiger partial charge is 0.356 e. The molecule has 5 nitrogen and oxygen atoms in total. The second-order valence-corrected chi connectivity index (χ2v) is 3.21. The van der Waals surface area contributed by atoms with E-state index in [-0.39, 0.29) is 5.69 Å². The molecule has 0 unspecified atom stereocenters. The summed E-state index contributed by atoms with van der Waals surface area (Å²) in [5.41, 5.74) is 1.20. The molecule has 0 aliphatic rings. The average molecular weight is 212 g/mol. The van der Waals surface area contributed by atoms with Crippen LogP contribution in [0.4, 0.5) is 0 Å². The molecule has 14 heavy (non-hydrogen) atoms. The van der Waals surface area contributed by atoms with Gasteiger partial charge >= 0.3 is 5.97 Å². The topological polar surface area (TPSA) is 67.5 Å². The Balaban J connectivity index is 2.72. The molecule has 2 aromatic heterocycles. The number of hydrogen-bond donors (Lipinski definition) is 1. The molecule has 0 bridgehead atoms. The zero-order chi connectivity index (χ0) is 10.3. The Hall–Kier alpha value is -1.62. The van der Waals surface area contributed by atoms with E-state index >= 15 is 0 Å². The molecule has 0 amide bonds. The molecule has 0 saturated heterocycles. The minimum Gasteiger partial charge on any atom is -0.476 e. The molecular weight excluding hydrogens is 206 g/mol. The summed E-state index contributed by atoms with van der Waals surface area (Å²) in [6, 6.07) is 1.68. The van der Waals surface area contributed by atoms with E-state index in [1.54, 1.807) is 13.0 Å². The number of aromatic nitrogens is 3. The van der Waals surface area contributed by atoms with Crippen molar-refractivity contribution >= 4 is 23.2 Å². The first-order chi connectivity index (χ1) is 6.58. The van der Waals surface area contributed by atoms with Gasteiger partial charge in [0.2, 0.25) is 0 Å². The largest absolute Gasteiger partial charge is 0.476 e. The van der Waals surface area contributed by atoms with Gasteiger partial charge in [0.15, 0.2) is 16.5 Å². The predicted molar refractivity (Wildman–Crippen MR) is 49.7 cm³/mol. The van der Waals surface area contributed by atoms with E-state index < -0.39 is 5.97 Å². The highest BCUT2D eigenvalue weighted by Gasteiger charge is 2.10. The van der Waals surface area contributed by atoms with Crippen LogP contribution in [0.15, 0.2) is 12.3 Å². The number of carboxylic acids is 1. The van der Waals surface area contributed by atoms with Crippen LogP contribution in [-0.2, 0) is 0 Å². The second-order valence-electron chi connectivity index (χ2n) is 2.85. The Morgan fingerprint density at radius 2 is 2.36 bits per heavy atom. The van der Waals surface area contributed by atoms with Crippen molar-refractivity contribution in [3.8, 4) is 0 Å². The van der Waals surface area contributed by atoms with E-state index in [0.29, 0.717) is 10.8 Å². The number of carbonyl (C=O) groups is 1. The summed E-state index contributed by atoms with van der Waals surface area (Å²) in [5, 5.41) is 13.0. The molecule has 1 N–H and O–H groups in total. The van der Waals surface area contributed by atoms with Crippen molar-refractivity contribution in [3.63, 3.8) is 0 Å². The van der Waals surface area contributed by atoms with Gasteiger partial charge < -0.3 is 5.11 Å². The zero-order valence-electron chi connectivity index (χ0n) is 7.23. The number of aromatic carboxylic acids is 1. The summed E-state index contributed by atoms with van der Waals surface area (Å²) in [6.07, 6.45) is 1.32. The lowest BCUT2D eigenvalue weighted by Crippen LogP contribution is -1.95. The van der Waals surface area contributed by atoms with E-state index in [1.807, 2.05) is 0 Å². The van der Waals surface area contributed by atoms with Gasteiger partial charge in [-0.2, -0.15) is 5.10 Å². The minimum absolute atomic E-state index is 0.0424. The fourth-order valence-electron chi connectivity index (χ4n) is 1.09. The summed E-state index contributed by atoms with van der Waals surface area (Å²) in [4.78, 5) is 14.5. The van der Waals surface area contributed by atoms with Gasteiger partial charge in [-0.15, -0.1) is 0 Å². The molecule has 6 heteroatoms.